The molecule has 0 saturated heterocycles. The van der Waals surface area contributed by atoms with Crippen molar-refractivity contribution in [1.82, 2.24) is 19.7 Å². The van der Waals surface area contributed by atoms with Crippen LogP contribution in [-0.2, 0) is 0 Å². The molecule has 0 atom stereocenters. The molecule has 9 nitrogen and oxygen atoms in total. The molecule has 4 aromatic rings. The normalized spacial score (nSPS) is 10.4. The molecule has 0 radical (unpaired) electrons. The zero-order chi connectivity index (χ0) is 22.5. The number of nitrogens with zero attached hydrogens (tertiary/aromatic N) is 4. The quantitative estimate of drug-likeness (QED) is 0.484. The molecular formula is C22H17FN6O3. The molecule has 160 valence electrons. The first-order valence-corrected chi connectivity index (χ1v) is 9.41. The monoisotopic (exact) mass is 432 g/mol. The van der Waals surface area contributed by atoms with Crippen LogP contribution in [0.1, 0.15) is 20.7 Å². The summed E-state index contributed by atoms with van der Waals surface area (Å²) in [6.07, 6.45) is 4.32. The number of aromatic nitrogens is 4. The van der Waals surface area contributed by atoms with Gasteiger partial charge in [-0.1, -0.05) is 6.07 Å². The van der Waals surface area contributed by atoms with Crippen LogP contribution in [0.25, 0.3) is 5.82 Å². The van der Waals surface area contributed by atoms with E-state index in [0.717, 1.165) is 6.07 Å². The summed E-state index contributed by atoms with van der Waals surface area (Å²) >= 11 is 0. The lowest BCUT2D eigenvalue weighted by molar-refractivity contribution is 0.101. The molecule has 0 aliphatic carbocycles. The number of nitrogens with one attached hydrogen (secondary N) is 2. The maximum absolute atomic E-state index is 13.4. The number of hydrogen-bond donors (Lipinski definition) is 2. The van der Waals surface area contributed by atoms with Crippen molar-refractivity contribution in [1.29, 1.82) is 0 Å². The Labute approximate surface area is 181 Å². The Morgan fingerprint density at radius 1 is 1.03 bits per heavy atom. The third-order valence-corrected chi connectivity index (χ3v) is 4.46. The van der Waals surface area contributed by atoms with Gasteiger partial charge in [-0.15, -0.1) is 0 Å². The Bertz CT molecular complexity index is 1280. The summed E-state index contributed by atoms with van der Waals surface area (Å²) in [5.74, 6) is -0.790. The van der Waals surface area contributed by atoms with Gasteiger partial charge in [-0.3, -0.25) is 9.59 Å². The SMILES string of the molecule is COc1ccc(NC(=O)c2cccnc2-n2cncn2)cc1NC(=O)c1cccc(F)c1. The lowest BCUT2D eigenvalue weighted by Gasteiger charge is -2.14. The molecule has 0 saturated carbocycles. The number of hydrogen-bond acceptors (Lipinski definition) is 6. The van der Waals surface area contributed by atoms with E-state index in [1.54, 1.807) is 36.5 Å². The van der Waals surface area contributed by atoms with E-state index < -0.39 is 17.6 Å². The second kappa shape index (κ2) is 9.04. The molecule has 0 unspecified atom stereocenters. The maximum atomic E-state index is 13.4. The summed E-state index contributed by atoms with van der Waals surface area (Å²) in [4.78, 5) is 33.5. The highest BCUT2D eigenvalue weighted by Gasteiger charge is 2.16. The van der Waals surface area contributed by atoms with Gasteiger partial charge < -0.3 is 15.4 Å². The van der Waals surface area contributed by atoms with Crippen molar-refractivity contribution in [2.24, 2.45) is 0 Å². The molecule has 2 N–H and O–H groups in total. The van der Waals surface area contributed by atoms with E-state index in [2.05, 4.69) is 25.7 Å². The van der Waals surface area contributed by atoms with Crippen LogP contribution in [0.5, 0.6) is 5.75 Å². The van der Waals surface area contributed by atoms with Crippen LogP contribution in [0.2, 0.25) is 0 Å². The molecule has 10 heteroatoms. The first-order valence-electron chi connectivity index (χ1n) is 9.41. The van der Waals surface area contributed by atoms with Crippen molar-refractivity contribution >= 4 is 23.2 Å². The molecule has 0 fully saturated rings. The third-order valence-electron chi connectivity index (χ3n) is 4.46. The molecule has 4 rings (SSSR count). The van der Waals surface area contributed by atoms with Crippen molar-refractivity contribution in [3.05, 3.63) is 90.4 Å². The summed E-state index contributed by atoms with van der Waals surface area (Å²) < 4.78 is 20.1. The van der Waals surface area contributed by atoms with Crippen molar-refractivity contribution in [3.63, 3.8) is 0 Å². The molecule has 0 aliphatic heterocycles. The van der Waals surface area contributed by atoms with Crippen molar-refractivity contribution in [2.45, 2.75) is 0 Å². The van der Waals surface area contributed by atoms with Crippen LogP contribution in [0.15, 0.2) is 73.4 Å². The lowest BCUT2D eigenvalue weighted by Crippen LogP contribution is -2.17. The number of amides is 2. The van der Waals surface area contributed by atoms with Gasteiger partial charge in [0.1, 0.15) is 24.2 Å². The van der Waals surface area contributed by atoms with Crippen LogP contribution >= 0.6 is 0 Å². The molecule has 0 spiro atoms. The smallest absolute Gasteiger partial charge is 0.259 e. The van der Waals surface area contributed by atoms with E-state index in [-0.39, 0.29) is 11.1 Å². The summed E-state index contributed by atoms with van der Waals surface area (Å²) in [6.45, 7) is 0. The van der Waals surface area contributed by atoms with Crippen molar-refractivity contribution < 1.29 is 18.7 Å². The molecule has 2 amide bonds. The van der Waals surface area contributed by atoms with Gasteiger partial charge in [0.05, 0.1) is 18.4 Å². The fourth-order valence-corrected chi connectivity index (χ4v) is 2.98. The number of ether oxygens (including phenoxy) is 1. The number of carbonyl (C=O) groups is 2. The van der Waals surface area contributed by atoms with Crippen molar-refractivity contribution in [2.75, 3.05) is 17.7 Å². The van der Waals surface area contributed by atoms with Gasteiger partial charge in [0.25, 0.3) is 11.8 Å². The average molecular weight is 432 g/mol. The summed E-state index contributed by atoms with van der Waals surface area (Å²) in [5, 5.41) is 9.46. The minimum absolute atomic E-state index is 0.148. The van der Waals surface area contributed by atoms with E-state index >= 15 is 0 Å². The minimum Gasteiger partial charge on any atom is -0.495 e. The number of carbonyl (C=O) groups excluding carboxylic acids is 2. The Hall–Kier alpha value is -4.60. The average Bonchev–Trinajstić information content (AvgIpc) is 3.34. The van der Waals surface area contributed by atoms with Gasteiger partial charge in [0.15, 0.2) is 5.82 Å². The largest absolute Gasteiger partial charge is 0.495 e. The van der Waals surface area contributed by atoms with E-state index in [1.807, 2.05) is 0 Å². The molecule has 2 aromatic heterocycles. The minimum atomic E-state index is -0.523. The zero-order valence-electron chi connectivity index (χ0n) is 16.8. The van der Waals surface area contributed by atoms with E-state index in [9.17, 15) is 14.0 Å². The number of methoxy groups -OCH3 is 1. The summed E-state index contributed by atoms with van der Waals surface area (Å²) in [6, 6.07) is 13.3. The summed E-state index contributed by atoms with van der Waals surface area (Å²) in [5.41, 5.74) is 1.13. The Morgan fingerprint density at radius 3 is 2.66 bits per heavy atom. The maximum Gasteiger partial charge on any atom is 0.259 e. The molecule has 0 bridgehead atoms. The zero-order valence-corrected chi connectivity index (χ0v) is 16.8. The van der Waals surface area contributed by atoms with Gasteiger partial charge >= 0.3 is 0 Å². The van der Waals surface area contributed by atoms with E-state index in [4.69, 9.17) is 4.74 Å². The standard InChI is InChI=1S/C22H17FN6O3/c1-32-19-8-7-16(11-18(19)28-21(30)14-4-2-5-15(23)10-14)27-22(31)17-6-3-9-25-20(17)29-13-24-12-26-29/h2-13H,1H3,(H,27,31)(H,28,30). The van der Waals surface area contributed by atoms with E-state index in [0.29, 0.717) is 22.9 Å². The van der Waals surface area contributed by atoms with Gasteiger partial charge in [-0.2, -0.15) is 5.10 Å². The number of anilines is 2. The lowest BCUT2D eigenvalue weighted by atomic mass is 10.2. The Balaban J connectivity index is 1.58. The predicted molar refractivity (Wildman–Crippen MR) is 114 cm³/mol. The number of benzene rings is 2. The number of halogens is 1. The summed E-state index contributed by atoms with van der Waals surface area (Å²) in [7, 11) is 1.45. The second-order valence-corrected chi connectivity index (χ2v) is 6.55. The second-order valence-electron chi connectivity index (χ2n) is 6.55. The highest BCUT2D eigenvalue weighted by atomic mass is 19.1. The van der Waals surface area contributed by atoms with Crippen LogP contribution in [0.4, 0.5) is 15.8 Å². The fourth-order valence-electron chi connectivity index (χ4n) is 2.98. The topological polar surface area (TPSA) is 111 Å². The van der Waals surface area contributed by atoms with Gasteiger partial charge in [-0.25, -0.2) is 19.0 Å². The molecule has 0 aliphatic rings. The third kappa shape index (κ3) is 4.43. The van der Waals surface area contributed by atoms with Crippen LogP contribution < -0.4 is 15.4 Å². The Kier molecular flexibility index (Phi) is 5.84. The Morgan fingerprint density at radius 2 is 1.91 bits per heavy atom. The van der Waals surface area contributed by atoms with Gasteiger partial charge in [0.2, 0.25) is 0 Å². The molecule has 2 heterocycles. The van der Waals surface area contributed by atoms with Gasteiger partial charge in [-0.05, 0) is 48.5 Å². The molecule has 32 heavy (non-hydrogen) atoms. The highest BCUT2D eigenvalue weighted by Crippen LogP contribution is 2.29. The first-order chi connectivity index (χ1) is 15.5. The molecular weight excluding hydrogens is 415 g/mol. The van der Waals surface area contributed by atoms with E-state index in [1.165, 1.54) is 42.6 Å². The number of pyridine rings is 1. The van der Waals surface area contributed by atoms with Gasteiger partial charge in [0, 0.05) is 17.4 Å². The first kappa shape index (κ1) is 20.7. The highest BCUT2D eigenvalue weighted by molar-refractivity contribution is 6.08. The van der Waals surface area contributed by atoms with Crippen LogP contribution in [-0.4, -0.2) is 38.7 Å². The molecule has 2 aromatic carbocycles. The van der Waals surface area contributed by atoms with Crippen LogP contribution in [0, 0.1) is 5.82 Å². The fraction of sp³-hybridized carbons (Fsp3) is 0.0455. The number of rotatable bonds is 6. The van der Waals surface area contributed by atoms with Crippen LogP contribution in [0.3, 0.4) is 0 Å². The predicted octanol–water partition coefficient (Wildman–Crippen LogP) is 3.31. The van der Waals surface area contributed by atoms with Crippen molar-refractivity contribution in [3.8, 4) is 11.6 Å².